The Kier molecular flexibility index (Phi) is 3.44. The maximum absolute atomic E-state index is 10.7. The number of aromatic hydroxyl groups is 1. The maximum Gasteiger partial charge on any atom is 0.294 e. The van der Waals surface area contributed by atoms with Gasteiger partial charge in [0.25, 0.3) is 5.09 Å². The van der Waals surface area contributed by atoms with Crippen molar-refractivity contribution in [3.8, 4) is 5.75 Å². The van der Waals surface area contributed by atoms with Crippen molar-refractivity contribution in [2.45, 2.75) is 20.5 Å². The van der Waals surface area contributed by atoms with Gasteiger partial charge in [0.1, 0.15) is 18.6 Å². The maximum atomic E-state index is 10.7. The summed E-state index contributed by atoms with van der Waals surface area (Å²) in [5, 5.41) is 18.8. The number of hydrogen-bond acceptors (Lipinski definition) is 5. The minimum Gasteiger partial charge on any atom is -0.507 e. The van der Waals surface area contributed by atoms with Crippen LogP contribution in [0, 0.1) is 24.0 Å². The molecule has 6 nitrogen and oxygen atoms in total. The summed E-state index contributed by atoms with van der Waals surface area (Å²) < 4.78 is 0. The molecule has 1 N–H and O–H groups in total. The highest BCUT2D eigenvalue weighted by molar-refractivity contribution is 5.79. The largest absolute Gasteiger partial charge is 0.507 e. The predicted molar refractivity (Wildman–Crippen MR) is 54.8 cm³/mol. The number of rotatable bonds is 4. The monoisotopic (exact) mass is 225 g/mol. The molecule has 0 radical (unpaired) electrons. The number of carbonyl (C=O) groups excluding carboxylic acids is 1. The SMILES string of the molecule is Cc1c(C=O)cc(CO[N+](=O)[O-])c(C)c1O. The van der Waals surface area contributed by atoms with E-state index in [9.17, 15) is 20.0 Å². The van der Waals surface area contributed by atoms with Gasteiger partial charge in [-0.25, -0.2) is 0 Å². The summed E-state index contributed by atoms with van der Waals surface area (Å²) >= 11 is 0. The average Bonchev–Trinajstić information content (AvgIpc) is 2.25. The first-order valence-electron chi connectivity index (χ1n) is 4.52. The molecule has 0 heterocycles. The molecule has 0 amide bonds. The van der Waals surface area contributed by atoms with E-state index in [0.717, 1.165) is 0 Å². The molecule has 1 rings (SSSR count). The standard InChI is InChI=1S/C10H11NO5/c1-6-8(4-12)3-9(5-16-11(14)15)7(2)10(6)13/h3-4,13H,5H2,1-2H3. The first kappa shape index (κ1) is 12.0. The minimum atomic E-state index is -0.920. The molecule has 0 unspecified atom stereocenters. The van der Waals surface area contributed by atoms with Crippen molar-refractivity contribution < 1.29 is 19.8 Å². The quantitative estimate of drug-likeness (QED) is 0.476. The highest BCUT2D eigenvalue weighted by Gasteiger charge is 2.12. The zero-order chi connectivity index (χ0) is 12.3. The molecule has 86 valence electrons. The molecule has 1 aromatic rings. The molecule has 0 aromatic heterocycles. The van der Waals surface area contributed by atoms with E-state index >= 15 is 0 Å². The Bertz CT molecular complexity index is 441. The van der Waals surface area contributed by atoms with Crippen LogP contribution in [-0.4, -0.2) is 16.5 Å². The molecule has 6 heteroatoms. The molecular weight excluding hydrogens is 214 g/mol. The lowest BCUT2D eigenvalue weighted by Gasteiger charge is -2.11. The normalized spacial score (nSPS) is 9.88. The number of benzene rings is 1. The zero-order valence-corrected chi connectivity index (χ0v) is 8.89. The van der Waals surface area contributed by atoms with Gasteiger partial charge in [-0.05, 0) is 31.0 Å². The van der Waals surface area contributed by atoms with Crippen LogP contribution in [0.4, 0.5) is 0 Å². The smallest absolute Gasteiger partial charge is 0.294 e. The van der Waals surface area contributed by atoms with E-state index in [1.807, 2.05) is 0 Å². The molecular formula is C10H11NO5. The van der Waals surface area contributed by atoms with Crippen LogP contribution in [0.2, 0.25) is 0 Å². The second kappa shape index (κ2) is 4.61. The third kappa shape index (κ3) is 2.28. The van der Waals surface area contributed by atoms with Gasteiger partial charge in [0, 0.05) is 11.1 Å². The number of phenols is 1. The topological polar surface area (TPSA) is 89.7 Å². The Labute approximate surface area is 91.6 Å². The lowest BCUT2D eigenvalue weighted by molar-refractivity contribution is -0.763. The molecule has 1 aromatic carbocycles. The summed E-state index contributed by atoms with van der Waals surface area (Å²) in [7, 11) is 0. The van der Waals surface area contributed by atoms with E-state index in [1.165, 1.54) is 6.07 Å². The second-order valence-electron chi connectivity index (χ2n) is 3.34. The molecule has 16 heavy (non-hydrogen) atoms. The van der Waals surface area contributed by atoms with Crippen LogP contribution in [0.5, 0.6) is 5.75 Å². The third-order valence-corrected chi connectivity index (χ3v) is 2.41. The van der Waals surface area contributed by atoms with E-state index < -0.39 is 5.09 Å². The van der Waals surface area contributed by atoms with Crippen molar-refractivity contribution in [1.29, 1.82) is 0 Å². The van der Waals surface area contributed by atoms with E-state index in [4.69, 9.17) is 0 Å². The van der Waals surface area contributed by atoms with E-state index in [2.05, 4.69) is 4.84 Å². The molecule has 0 bridgehead atoms. The third-order valence-electron chi connectivity index (χ3n) is 2.41. The fourth-order valence-corrected chi connectivity index (χ4v) is 1.37. The van der Waals surface area contributed by atoms with Gasteiger partial charge in [-0.15, -0.1) is 10.1 Å². The number of nitrogens with zero attached hydrogens (tertiary/aromatic N) is 1. The van der Waals surface area contributed by atoms with Crippen molar-refractivity contribution in [3.63, 3.8) is 0 Å². The number of carbonyl (C=O) groups is 1. The average molecular weight is 225 g/mol. The molecule has 0 aliphatic heterocycles. The van der Waals surface area contributed by atoms with Gasteiger partial charge >= 0.3 is 0 Å². The molecule has 0 saturated carbocycles. The number of phenolic OH excluding ortho intramolecular Hbond substituents is 1. The van der Waals surface area contributed by atoms with Crippen molar-refractivity contribution in [3.05, 3.63) is 38.4 Å². The van der Waals surface area contributed by atoms with Crippen LogP contribution in [-0.2, 0) is 11.4 Å². The van der Waals surface area contributed by atoms with Crippen LogP contribution in [0.3, 0.4) is 0 Å². The minimum absolute atomic E-state index is 0.0356. The Balaban J connectivity index is 3.14. The van der Waals surface area contributed by atoms with E-state index in [1.54, 1.807) is 13.8 Å². The van der Waals surface area contributed by atoms with Gasteiger partial charge in [0.05, 0.1) is 0 Å². The lowest BCUT2D eigenvalue weighted by atomic mass is 9.99. The summed E-state index contributed by atoms with van der Waals surface area (Å²) in [6.07, 6.45) is 0.587. The number of aldehydes is 1. The molecule has 0 aliphatic rings. The predicted octanol–water partition coefficient (Wildman–Crippen LogP) is 1.53. The van der Waals surface area contributed by atoms with Gasteiger partial charge in [0.15, 0.2) is 0 Å². The molecule has 0 saturated heterocycles. The first-order chi connectivity index (χ1) is 7.47. The van der Waals surface area contributed by atoms with Gasteiger partial charge in [-0.3, -0.25) is 4.79 Å². The molecule has 0 spiro atoms. The second-order valence-corrected chi connectivity index (χ2v) is 3.34. The van der Waals surface area contributed by atoms with Crippen molar-refractivity contribution in [1.82, 2.24) is 0 Å². The highest BCUT2D eigenvalue weighted by Crippen LogP contribution is 2.27. The summed E-state index contributed by atoms with van der Waals surface area (Å²) in [6, 6.07) is 1.47. The molecule has 0 atom stereocenters. The van der Waals surface area contributed by atoms with Crippen LogP contribution < -0.4 is 0 Å². The van der Waals surface area contributed by atoms with E-state index in [-0.39, 0.29) is 12.4 Å². The summed E-state index contributed by atoms with van der Waals surface area (Å²) in [4.78, 5) is 24.9. The Morgan fingerprint density at radius 3 is 2.62 bits per heavy atom. The zero-order valence-electron chi connectivity index (χ0n) is 8.89. The fraction of sp³-hybridized carbons (Fsp3) is 0.300. The fourth-order valence-electron chi connectivity index (χ4n) is 1.37. The lowest BCUT2D eigenvalue weighted by Crippen LogP contribution is -2.04. The van der Waals surface area contributed by atoms with Crippen LogP contribution in [0.1, 0.15) is 27.0 Å². The van der Waals surface area contributed by atoms with E-state index in [0.29, 0.717) is 28.5 Å². The van der Waals surface area contributed by atoms with Gasteiger partial charge < -0.3 is 9.94 Å². The van der Waals surface area contributed by atoms with Crippen molar-refractivity contribution >= 4 is 6.29 Å². The van der Waals surface area contributed by atoms with Crippen LogP contribution >= 0.6 is 0 Å². The Morgan fingerprint density at radius 1 is 1.50 bits per heavy atom. The number of hydrogen-bond donors (Lipinski definition) is 1. The van der Waals surface area contributed by atoms with Crippen LogP contribution in [0.25, 0.3) is 0 Å². The molecule has 0 aliphatic carbocycles. The van der Waals surface area contributed by atoms with Gasteiger partial charge in [-0.1, -0.05) is 0 Å². The molecule has 0 fully saturated rings. The summed E-state index contributed by atoms with van der Waals surface area (Å²) in [5.41, 5.74) is 1.65. The summed E-state index contributed by atoms with van der Waals surface area (Å²) in [6.45, 7) is 2.92. The van der Waals surface area contributed by atoms with Crippen LogP contribution in [0.15, 0.2) is 6.07 Å². The van der Waals surface area contributed by atoms with Gasteiger partial charge in [-0.2, -0.15) is 0 Å². The highest BCUT2D eigenvalue weighted by atomic mass is 16.9. The Morgan fingerprint density at radius 2 is 2.12 bits per heavy atom. The van der Waals surface area contributed by atoms with Crippen molar-refractivity contribution in [2.24, 2.45) is 0 Å². The Hall–Kier alpha value is -2.11. The van der Waals surface area contributed by atoms with Crippen molar-refractivity contribution in [2.75, 3.05) is 0 Å². The van der Waals surface area contributed by atoms with Gasteiger partial charge in [0.2, 0.25) is 0 Å². The summed E-state index contributed by atoms with van der Waals surface area (Å²) in [5.74, 6) is -0.0356. The first-order valence-corrected chi connectivity index (χ1v) is 4.52.